The summed E-state index contributed by atoms with van der Waals surface area (Å²) in [7, 11) is 1.73. The van der Waals surface area contributed by atoms with Crippen molar-refractivity contribution >= 4 is 17.4 Å². The lowest BCUT2D eigenvalue weighted by Crippen LogP contribution is -2.46. The van der Waals surface area contributed by atoms with Gasteiger partial charge >= 0.3 is 0 Å². The van der Waals surface area contributed by atoms with Crippen molar-refractivity contribution in [2.24, 2.45) is 0 Å². The Morgan fingerprint density at radius 2 is 1.96 bits per heavy atom. The molecule has 1 amide bonds. The predicted octanol–water partition coefficient (Wildman–Crippen LogP) is 2.66. The molecule has 1 aromatic rings. The zero-order chi connectivity index (χ0) is 19.8. The van der Waals surface area contributed by atoms with Crippen molar-refractivity contribution in [3.63, 3.8) is 0 Å². The lowest BCUT2D eigenvalue weighted by Gasteiger charge is -2.31. The minimum Gasteiger partial charge on any atom is -0.474 e. The van der Waals surface area contributed by atoms with E-state index in [4.69, 9.17) is 10.1 Å². The number of hydrogen-bond donors (Lipinski definition) is 3. The number of nitrogens with zero attached hydrogens (tertiary/aromatic N) is 2. The number of carbonyl (C=O) groups is 1. The van der Waals surface area contributed by atoms with Crippen LogP contribution in [0.5, 0.6) is 5.88 Å². The monoisotopic (exact) mass is 375 g/mol. The van der Waals surface area contributed by atoms with Crippen molar-refractivity contribution in [3.05, 3.63) is 17.7 Å². The fourth-order valence-corrected chi connectivity index (χ4v) is 3.30. The van der Waals surface area contributed by atoms with Crippen molar-refractivity contribution in [1.82, 2.24) is 15.2 Å². The number of piperidine rings is 1. The highest BCUT2D eigenvalue weighted by Gasteiger charge is 2.23. The maximum Gasteiger partial charge on any atom is 0.270 e. The highest BCUT2D eigenvalue weighted by molar-refractivity contribution is 6.45. The standard InChI is InChI=1S/C20H33N5O2/c1-5-15(6-2)27-17-9-8-16(19(22-4)24-17)18(21)20(26)23-14-10-12-25(7-3)13-11-14/h8-9,14-15,21H,5-7,10-13H2,1-4H3,(H,22,24)(H,23,26). The van der Waals surface area contributed by atoms with E-state index in [-0.39, 0.29) is 23.8 Å². The Morgan fingerprint density at radius 1 is 1.30 bits per heavy atom. The first kappa shape index (κ1) is 21.2. The second kappa shape index (κ2) is 10.3. The van der Waals surface area contributed by atoms with E-state index in [9.17, 15) is 4.79 Å². The molecule has 1 aromatic heterocycles. The van der Waals surface area contributed by atoms with Crippen molar-refractivity contribution in [2.45, 2.75) is 58.6 Å². The second-order valence-electron chi connectivity index (χ2n) is 6.91. The summed E-state index contributed by atoms with van der Waals surface area (Å²) in [6, 6.07) is 3.60. The number of pyridine rings is 1. The Bertz CT molecular complexity index is 637. The number of hydrogen-bond acceptors (Lipinski definition) is 6. The van der Waals surface area contributed by atoms with Gasteiger partial charge in [0.05, 0.1) is 6.10 Å². The maximum absolute atomic E-state index is 12.6. The van der Waals surface area contributed by atoms with E-state index in [1.165, 1.54) is 0 Å². The lowest BCUT2D eigenvalue weighted by atomic mass is 10.0. The summed E-state index contributed by atoms with van der Waals surface area (Å²) in [6.07, 6.45) is 3.77. The summed E-state index contributed by atoms with van der Waals surface area (Å²) in [5.74, 6) is 0.647. The molecular formula is C20H33N5O2. The Hall–Kier alpha value is -2.15. The van der Waals surface area contributed by atoms with Crippen LogP contribution in [0.15, 0.2) is 12.1 Å². The third kappa shape index (κ3) is 5.66. The summed E-state index contributed by atoms with van der Waals surface area (Å²) >= 11 is 0. The molecule has 0 aliphatic carbocycles. The smallest absolute Gasteiger partial charge is 0.270 e. The van der Waals surface area contributed by atoms with Crippen LogP contribution >= 0.6 is 0 Å². The molecule has 3 N–H and O–H groups in total. The van der Waals surface area contributed by atoms with Gasteiger partial charge in [-0.1, -0.05) is 20.8 Å². The van der Waals surface area contributed by atoms with Gasteiger partial charge in [-0.2, -0.15) is 4.98 Å². The molecule has 0 aromatic carbocycles. The number of amides is 1. The van der Waals surface area contributed by atoms with Gasteiger partial charge in [0.1, 0.15) is 11.5 Å². The van der Waals surface area contributed by atoms with Crippen LogP contribution in [-0.4, -0.2) is 60.3 Å². The van der Waals surface area contributed by atoms with Gasteiger partial charge in [-0.15, -0.1) is 0 Å². The molecule has 1 fully saturated rings. The van der Waals surface area contributed by atoms with Crippen molar-refractivity contribution in [2.75, 3.05) is 32.0 Å². The van der Waals surface area contributed by atoms with E-state index in [2.05, 4.69) is 41.3 Å². The van der Waals surface area contributed by atoms with Gasteiger partial charge < -0.3 is 20.3 Å². The van der Waals surface area contributed by atoms with Gasteiger partial charge in [0.25, 0.3) is 5.91 Å². The van der Waals surface area contributed by atoms with Crippen LogP contribution in [0.25, 0.3) is 0 Å². The van der Waals surface area contributed by atoms with E-state index in [0.717, 1.165) is 45.3 Å². The van der Waals surface area contributed by atoms with Crippen LogP contribution in [0.4, 0.5) is 5.82 Å². The molecule has 150 valence electrons. The van der Waals surface area contributed by atoms with E-state index >= 15 is 0 Å². The normalized spacial score (nSPS) is 15.6. The van der Waals surface area contributed by atoms with Gasteiger partial charge in [-0.05, 0) is 38.3 Å². The highest BCUT2D eigenvalue weighted by atomic mass is 16.5. The molecule has 7 heteroatoms. The van der Waals surface area contributed by atoms with E-state index in [1.807, 2.05) is 0 Å². The Kier molecular flexibility index (Phi) is 8.03. The van der Waals surface area contributed by atoms with E-state index < -0.39 is 0 Å². The van der Waals surface area contributed by atoms with Gasteiger partial charge in [0, 0.05) is 37.8 Å². The van der Waals surface area contributed by atoms with Gasteiger partial charge in [-0.25, -0.2) is 0 Å². The third-order valence-corrected chi connectivity index (χ3v) is 5.17. The molecule has 27 heavy (non-hydrogen) atoms. The van der Waals surface area contributed by atoms with Crippen molar-refractivity contribution < 1.29 is 9.53 Å². The lowest BCUT2D eigenvalue weighted by molar-refractivity contribution is -0.115. The van der Waals surface area contributed by atoms with Crippen LogP contribution in [0.3, 0.4) is 0 Å². The first-order valence-corrected chi connectivity index (χ1v) is 9.99. The minimum absolute atomic E-state index is 0.0705. The average molecular weight is 376 g/mol. The van der Waals surface area contributed by atoms with Crippen LogP contribution in [0.2, 0.25) is 0 Å². The molecule has 0 unspecified atom stereocenters. The largest absolute Gasteiger partial charge is 0.474 e. The molecular weight excluding hydrogens is 342 g/mol. The molecule has 0 saturated carbocycles. The minimum atomic E-state index is -0.350. The maximum atomic E-state index is 12.6. The van der Waals surface area contributed by atoms with Crippen molar-refractivity contribution in [3.8, 4) is 5.88 Å². The van der Waals surface area contributed by atoms with Crippen LogP contribution < -0.4 is 15.4 Å². The summed E-state index contributed by atoms with van der Waals surface area (Å²) < 4.78 is 5.87. The third-order valence-electron chi connectivity index (χ3n) is 5.17. The fourth-order valence-electron chi connectivity index (χ4n) is 3.30. The first-order chi connectivity index (χ1) is 13.0. The predicted molar refractivity (Wildman–Crippen MR) is 109 cm³/mol. The zero-order valence-corrected chi connectivity index (χ0v) is 17.0. The Balaban J connectivity index is 2.03. The van der Waals surface area contributed by atoms with Crippen molar-refractivity contribution in [1.29, 1.82) is 5.41 Å². The Labute approximate surface area is 162 Å². The molecule has 7 nitrogen and oxygen atoms in total. The number of anilines is 1. The van der Waals surface area contributed by atoms with E-state index in [1.54, 1.807) is 19.2 Å². The molecule has 2 rings (SSSR count). The number of nitrogens with one attached hydrogen (secondary N) is 3. The topological polar surface area (TPSA) is 90.3 Å². The summed E-state index contributed by atoms with van der Waals surface area (Å²) in [5.41, 5.74) is 0.414. The van der Waals surface area contributed by atoms with Gasteiger partial charge in [0.15, 0.2) is 0 Å². The first-order valence-electron chi connectivity index (χ1n) is 9.99. The Morgan fingerprint density at radius 3 is 2.52 bits per heavy atom. The quantitative estimate of drug-likeness (QED) is 0.577. The molecule has 0 bridgehead atoms. The molecule has 0 atom stereocenters. The summed E-state index contributed by atoms with van der Waals surface area (Å²) in [6.45, 7) is 9.32. The number of likely N-dealkylation sites (tertiary alicyclic amines) is 1. The van der Waals surface area contributed by atoms with Crippen LogP contribution in [-0.2, 0) is 4.79 Å². The number of ether oxygens (including phenoxy) is 1. The number of rotatable bonds is 9. The number of aromatic nitrogens is 1. The van der Waals surface area contributed by atoms with E-state index in [0.29, 0.717) is 17.3 Å². The van der Waals surface area contributed by atoms with Gasteiger partial charge in [-0.3, -0.25) is 10.2 Å². The molecule has 0 radical (unpaired) electrons. The molecule has 1 aliphatic rings. The van der Waals surface area contributed by atoms with Gasteiger partial charge in [0.2, 0.25) is 5.88 Å². The van der Waals surface area contributed by atoms with Crippen LogP contribution in [0.1, 0.15) is 52.0 Å². The average Bonchev–Trinajstić information content (AvgIpc) is 2.71. The second-order valence-corrected chi connectivity index (χ2v) is 6.91. The molecule has 1 aliphatic heterocycles. The summed E-state index contributed by atoms with van der Waals surface area (Å²) in [4.78, 5) is 19.4. The van der Waals surface area contributed by atoms with Crippen LogP contribution in [0, 0.1) is 5.41 Å². The molecule has 2 heterocycles. The molecule has 1 saturated heterocycles. The zero-order valence-electron chi connectivity index (χ0n) is 17.0. The highest BCUT2D eigenvalue weighted by Crippen LogP contribution is 2.20. The number of carbonyl (C=O) groups excluding carboxylic acids is 1. The summed E-state index contributed by atoms with van der Waals surface area (Å²) in [5, 5.41) is 14.3. The SMILES string of the molecule is CCC(CC)Oc1ccc(C(=N)C(=O)NC2CCN(CC)CC2)c(NC)n1. The fraction of sp³-hybridized carbons (Fsp3) is 0.650. The molecule has 0 spiro atoms.